The highest BCUT2D eigenvalue weighted by Gasteiger charge is 2.24. The summed E-state index contributed by atoms with van der Waals surface area (Å²) in [7, 11) is 0. The summed E-state index contributed by atoms with van der Waals surface area (Å²) in [5.74, 6) is 0.676. The van der Waals surface area contributed by atoms with Gasteiger partial charge in [0.1, 0.15) is 0 Å². The molecule has 2 nitrogen and oxygen atoms in total. The van der Waals surface area contributed by atoms with Crippen LogP contribution in [-0.2, 0) is 0 Å². The molecule has 0 amide bonds. The molecule has 0 aromatic heterocycles. The van der Waals surface area contributed by atoms with Crippen molar-refractivity contribution in [2.75, 3.05) is 13.2 Å². The van der Waals surface area contributed by atoms with Gasteiger partial charge in [-0.1, -0.05) is 24.3 Å². The summed E-state index contributed by atoms with van der Waals surface area (Å²) in [5.41, 5.74) is 0.230. The number of nitrogens with zero attached hydrogens (tertiary/aromatic N) is 2. The maximum atomic E-state index is 2.40. The molecular formula is C14H22N2. The summed E-state index contributed by atoms with van der Waals surface area (Å²) in [4.78, 5) is 4.79. The van der Waals surface area contributed by atoms with Crippen molar-refractivity contribution in [3.63, 3.8) is 0 Å². The Morgan fingerprint density at radius 1 is 1.19 bits per heavy atom. The van der Waals surface area contributed by atoms with Crippen molar-refractivity contribution in [3.8, 4) is 0 Å². The Hall–Kier alpha value is -1.18. The molecule has 1 aliphatic carbocycles. The van der Waals surface area contributed by atoms with Crippen molar-refractivity contribution in [1.29, 1.82) is 0 Å². The molecule has 2 rings (SSSR count). The second-order valence-corrected chi connectivity index (χ2v) is 5.66. The van der Waals surface area contributed by atoms with Gasteiger partial charge in [-0.2, -0.15) is 0 Å². The highest BCUT2D eigenvalue weighted by Crippen LogP contribution is 2.21. The Balaban J connectivity index is 1.84. The van der Waals surface area contributed by atoms with Gasteiger partial charge in [-0.15, -0.1) is 0 Å². The summed E-state index contributed by atoms with van der Waals surface area (Å²) in [5, 5.41) is 0. The van der Waals surface area contributed by atoms with Gasteiger partial charge < -0.3 is 9.80 Å². The molecule has 0 saturated heterocycles. The van der Waals surface area contributed by atoms with Gasteiger partial charge in [-0.25, -0.2) is 0 Å². The van der Waals surface area contributed by atoms with Crippen molar-refractivity contribution in [3.05, 3.63) is 36.7 Å². The van der Waals surface area contributed by atoms with Gasteiger partial charge in [0, 0.05) is 24.5 Å². The van der Waals surface area contributed by atoms with Crippen molar-refractivity contribution < 1.29 is 0 Å². The predicted molar refractivity (Wildman–Crippen MR) is 68.7 cm³/mol. The van der Waals surface area contributed by atoms with E-state index in [-0.39, 0.29) is 5.54 Å². The lowest BCUT2D eigenvalue weighted by atomic mass is 10.0. The first-order valence-electron chi connectivity index (χ1n) is 6.08. The zero-order chi connectivity index (χ0) is 11.6. The van der Waals surface area contributed by atoms with Gasteiger partial charge in [-0.05, 0) is 33.1 Å². The van der Waals surface area contributed by atoms with Crippen LogP contribution in [0, 0.1) is 5.92 Å². The van der Waals surface area contributed by atoms with E-state index in [1.165, 1.54) is 6.42 Å². The Morgan fingerprint density at radius 2 is 2.00 bits per heavy atom. The van der Waals surface area contributed by atoms with Crippen LogP contribution < -0.4 is 0 Å². The zero-order valence-corrected chi connectivity index (χ0v) is 10.6. The number of allylic oxidation sites excluding steroid dienone is 3. The molecule has 0 radical (unpaired) electrons. The second-order valence-electron chi connectivity index (χ2n) is 5.66. The molecule has 0 aromatic rings. The third-order valence-corrected chi connectivity index (χ3v) is 3.19. The van der Waals surface area contributed by atoms with E-state index in [2.05, 4.69) is 67.3 Å². The highest BCUT2D eigenvalue weighted by atomic mass is 15.4. The molecule has 0 N–H and O–H groups in total. The first kappa shape index (κ1) is 11.3. The largest absolute Gasteiger partial charge is 0.358 e. The van der Waals surface area contributed by atoms with Crippen LogP contribution in [0.2, 0.25) is 0 Å². The minimum atomic E-state index is 0.230. The van der Waals surface area contributed by atoms with Gasteiger partial charge in [0.2, 0.25) is 0 Å². The quantitative estimate of drug-likeness (QED) is 0.703. The fourth-order valence-electron chi connectivity index (χ4n) is 2.09. The standard InChI is InChI=1S/C14H22N2/c1-14(2,3)16-10-9-15(12-16)11-13-7-5-4-6-8-13/h4-7,9-10,13H,8,11-12H2,1-3H3/t13-/m1/s1. The van der Waals surface area contributed by atoms with Crippen molar-refractivity contribution in [2.45, 2.75) is 32.7 Å². The SMILES string of the molecule is CC(C)(C)N1C=CN(C[C@@H]2C=CC=CC2)C1. The summed E-state index contributed by atoms with van der Waals surface area (Å²) < 4.78 is 0. The number of rotatable bonds is 2. The summed E-state index contributed by atoms with van der Waals surface area (Å²) in [6.45, 7) is 8.92. The normalized spacial score (nSPS) is 24.6. The molecule has 2 aliphatic rings. The van der Waals surface area contributed by atoms with Crippen LogP contribution in [0.3, 0.4) is 0 Å². The lowest BCUT2D eigenvalue weighted by Crippen LogP contribution is -2.40. The molecular weight excluding hydrogens is 196 g/mol. The Labute approximate surface area is 98.9 Å². The number of hydrogen-bond donors (Lipinski definition) is 0. The molecule has 0 aromatic carbocycles. The Bertz CT molecular complexity index is 320. The highest BCUT2D eigenvalue weighted by molar-refractivity contribution is 5.11. The molecule has 0 unspecified atom stereocenters. The molecule has 0 fully saturated rings. The smallest absolute Gasteiger partial charge is 0.0898 e. The fourth-order valence-corrected chi connectivity index (χ4v) is 2.09. The molecule has 0 bridgehead atoms. The van der Waals surface area contributed by atoms with Crippen LogP contribution in [-0.4, -0.2) is 28.6 Å². The minimum Gasteiger partial charge on any atom is -0.358 e. The molecule has 1 atom stereocenters. The van der Waals surface area contributed by atoms with E-state index < -0.39 is 0 Å². The van der Waals surface area contributed by atoms with Crippen LogP contribution in [0.15, 0.2) is 36.7 Å². The summed E-state index contributed by atoms with van der Waals surface area (Å²) in [6, 6.07) is 0. The molecule has 0 saturated carbocycles. The Morgan fingerprint density at radius 3 is 2.56 bits per heavy atom. The average Bonchev–Trinajstić information content (AvgIpc) is 2.67. The van der Waals surface area contributed by atoms with Crippen molar-refractivity contribution in [1.82, 2.24) is 9.80 Å². The maximum absolute atomic E-state index is 2.40. The second kappa shape index (κ2) is 4.36. The Kier molecular flexibility index (Phi) is 3.08. The third-order valence-electron chi connectivity index (χ3n) is 3.19. The first-order chi connectivity index (χ1) is 7.55. The minimum absolute atomic E-state index is 0.230. The van der Waals surface area contributed by atoms with E-state index in [4.69, 9.17) is 0 Å². The van der Waals surface area contributed by atoms with E-state index in [1.54, 1.807) is 0 Å². The average molecular weight is 218 g/mol. The lowest BCUT2D eigenvalue weighted by Gasteiger charge is -2.34. The van der Waals surface area contributed by atoms with Gasteiger partial charge in [0.25, 0.3) is 0 Å². The van der Waals surface area contributed by atoms with Gasteiger partial charge in [-0.3, -0.25) is 0 Å². The van der Waals surface area contributed by atoms with Crippen LogP contribution in [0.5, 0.6) is 0 Å². The van der Waals surface area contributed by atoms with Crippen LogP contribution >= 0.6 is 0 Å². The van der Waals surface area contributed by atoms with Crippen LogP contribution in [0.25, 0.3) is 0 Å². The lowest BCUT2D eigenvalue weighted by molar-refractivity contribution is 0.156. The fraction of sp³-hybridized carbons (Fsp3) is 0.571. The monoisotopic (exact) mass is 218 g/mol. The number of hydrogen-bond acceptors (Lipinski definition) is 2. The van der Waals surface area contributed by atoms with Gasteiger partial charge in [0.05, 0.1) is 6.67 Å². The zero-order valence-electron chi connectivity index (χ0n) is 10.6. The topological polar surface area (TPSA) is 6.48 Å². The van der Waals surface area contributed by atoms with Crippen LogP contribution in [0.4, 0.5) is 0 Å². The van der Waals surface area contributed by atoms with Gasteiger partial charge in [0.15, 0.2) is 0 Å². The molecule has 0 spiro atoms. The first-order valence-corrected chi connectivity index (χ1v) is 6.08. The van der Waals surface area contributed by atoms with E-state index in [1.807, 2.05) is 0 Å². The van der Waals surface area contributed by atoms with Crippen molar-refractivity contribution >= 4 is 0 Å². The summed E-state index contributed by atoms with van der Waals surface area (Å²) in [6.07, 6.45) is 14.5. The van der Waals surface area contributed by atoms with E-state index >= 15 is 0 Å². The third kappa shape index (κ3) is 2.69. The molecule has 16 heavy (non-hydrogen) atoms. The summed E-state index contributed by atoms with van der Waals surface area (Å²) >= 11 is 0. The molecule has 1 aliphatic heterocycles. The predicted octanol–water partition coefficient (Wildman–Crippen LogP) is 2.96. The molecule has 2 heteroatoms. The molecule has 88 valence electrons. The van der Waals surface area contributed by atoms with E-state index in [9.17, 15) is 0 Å². The maximum Gasteiger partial charge on any atom is 0.0898 e. The van der Waals surface area contributed by atoms with Crippen molar-refractivity contribution in [2.24, 2.45) is 5.92 Å². The van der Waals surface area contributed by atoms with E-state index in [0.29, 0.717) is 5.92 Å². The molecule has 1 heterocycles. The van der Waals surface area contributed by atoms with Gasteiger partial charge >= 0.3 is 0 Å². The van der Waals surface area contributed by atoms with E-state index in [0.717, 1.165) is 13.2 Å². The van der Waals surface area contributed by atoms with Crippen LogP contribution in [0.1, 0.15) is 27.2 Å².